The quantitative estimate of drug-likeness (QED) is 0.484. The summed E-state index contributed by atoms with van der Waals surface area (Å²) in [4.78, 5) is 10.5. The smallest absolute Gasteiger partial charge is 0.123 e. The van der Waals surface area contributed by atoms with E-state index in [1.54, 1.807) is 0 Å². The number of hydrogen-bond acceptors (Lipinski definition) is 2. The van der Waals surface area contributed by atoms with Crippen LogP contribution in [0.2, 0.25) is 0 Å². The minimum atomic E-state index is 0.335. The molecule has 1 aliphatic carbocycles. The van der Waals surface area contributed by atoms with Crippen molar-refractivity contribution in [1.82, 2.24) is 0 Å². The Hall–Kier alpha value is -0.370. The number of ether oxygens (including phenoxy) is 1. The van der Waals surface area contributed by atoms with Gasteiger partial charge in [0.05, 0.1) is 0 Å². The maximum Gasteiger partial charge on any atom is 0.123 e. The lowest BCUT2D eigenvalue weighted by molar-refractivity contribution is -0.112. The lowest BCUT2D eigenvalue weighted by Crippen LogP contribution is -2.19. The second-order valence-corrected chi connectivity index (χ2v) is 4.35. The highest BCUT2D eigenvalue weighted by Gasteiger charge is 2.20. The zero-order valence-electron chi connectivity index (χ0n) is 9.21. The molecule has 2 heteroatoms. The Labute approximate surface area is 87.0 Å². The molecule has 0 spiro atoms. The van der Waals surface area contributed by atoms with Gasteiger partial charge in [-0.15, -0.1) is 0 Å². The molecule has 0 aromatic carbocycles. The van der Waals surface area contributed by atoms with Crippen LogP contribution >= 0.6 is 0 Å². The zero-order chi connectivity index (χ0) is 10.2. The Bertz CT molecular complexity index is 148. The second-order valence-electron chi connectivity index (χ2n) is 4.35. The van der Waals surface area contributed by atoms with Gasteiger partial charge in [0.1, 0.15) is 6.29 Å². The van der Waals surface area contributed by atoms with Gasteiger partial charge in [0.2, 0.25) is 0 Å². The predicted octanol–water partition coefficient (Wildman–Crippen LogP) is 2.81. The molecule has 0 bridgehead atoms. The normalized spacial score (nSPS) is 27.5. The van der Waals surface area contributed by atoms with Crippen molar-refractivity contribution in [2.45, 2.75) is 45.4 Å². The van der Waals surface area contributed by atoms with Crippen molar-refractivity contribution < 1.29 is 9.53 Å². The first kappa shape index (κ1) is 11.7. The monoisotopic (exact) mass is 198 g/mol. The van der Waals surface area contributed by atoms with Crippen molar-refractivity contribution in [1.29, 1.82) is 0 Å². The molecule has 0 amide bonds. The Morgan fingerprint density at radius 3 is 2.57 bits per heavy atom. The first-order valence-electron chi connectivity index (χ1n) is 5.89. The average molecular weight is 198 g/mol. The molecule has 0 heterocycles. The van der Waals surface area contributed by atoms with Crippen LogP contribution in [0.4, 0.5) is 0 Å². The van der Waals surface area contributed by atoms with Crippen LogP contribution in [-0.4, -0.2) is 19.5 Å². The molecule has 1 fully saturated rings. The molecule has 0 unspecified atom stereocenters. The van der Waals surface area contributed by atoms with Gasteiger partial charge >= 0.3 is 0 Å². The topological polar surface area (TPSA) is 26.3 Å². The van der Waals surface area contributed by atoms with Gasteiger partial charge in [-0.1, -0.05) is 13.3 Å². The van der Waals surface area contributed by atoms with Crippen LogP contribution in [0.5, 0.6) is 0 Å². The number of hydrogen-bond donors (Lipinski definition) is 0. The third-order valence-electron chi connectivity index (χ3n) is 3.08. The number of rotatable bonds is 6. The van der Waals surface area contributed by atoms with Crippen molar-refractivity contribution >= 4 is 6.29 Å². The van der Waals surface area contributed by atoms with E-state index in [0.717, 1.165) is 32.3 Å². The van der Waals surface area contributed by atoms with Gasteiger partial charge in [-0.3, -0.25) is 0 Å². The number of carbonyl (C=O) groups is 1. The lowest BCUT2D eigenvalue weighted by atomic mass is 9.83. The van der Waals surface area contributed by atoms with Crippen molar-refractivity contribution in [3.63, 3.8) is 0 Å². The number of carbonyl (C=O) groups excluding carboxylic acids is 1. The van der Waals surface area contributed by atoms with Gasteiger partial charge < -0.3 is 9.53 Å². The molecule has 1 aliphatic rings. The van der Waals surface area contributed by atoms with Crippen molar-refractivity contribution in [3.8, 4) is 0 Å². The average Bonchev–Trinajstić information content (AvgIpc) is 2.25. The van der Waals surface area contributed by atoms with Crippen LogP contribution in [0.1, 0.15) is 45.4 Å². The van der Waals surface area contributed by atoms with Gasteiger partial charge in [0.15, 0.2) is 0 Å². The molecule has 0 aromatic rings. The van der Waals surface area contributed by atoms with E-state index in [2.05, 4.69) is 6.92 Å². The van der Waals surface area contributed by atoms with Gasteiger partial charge in [0, 0.05) is 19.1 Å². The summed E-state index contributed by atoms with van der Waals surface area (Å²) in [5, 5.41) is 0. The molecule has 82 valence electrons. The third kappa shape index (κ3) is 4.23. The molecule has 1 saturated carbocycles. The van der Waals surface area contributed by atoms with E-state index in [1.807, 2.05) is 0 Å². The maximum absolute atomic E-state index is 10.5. The molecule has 0 aromatic heterocycles. The molecular weight excluding hydrogens is 176 g/mol. The molecule has 0 radical (unpaired) electrons. The minimum Gasteiger partial charge on any atom is -0.381 e. The van der Waals surface area contributed by atoms with E-state index >= 15 is 0 Å². The lowest BCUT2D eigenvalue weighted by Gasteiger charge is -2.25. The molecule has 2 nitrogen and oxygen atoms in total. The van der Waals surface area contributed by atoms with Gasteiger partial charge in [-0.2, -0.15) is 0 Å². The third-order valence-corrected chi connectivity index (χ3v) is 3.08. The fraction of sp³-hybridized carbons (Fsp3) is 0.917. The van der Waals surface area contributed by atoms with Gasteiger partial charge in [-0.05, 0) is 38.0 Å². The summed E-state index contributed by atoms with van der Waals surface area (Å²) >= 11 is 0. The fourth-order valence-electron chi connectivity index (χ4n) is 1.99. The van der Waals surface area contributed by atoms with Gasteiger partial charge in [-0.25, -0.2) is 0 Å². The second kappa shape index (κ2) is 6.99. The first-order chi connectivity index (χ1) is 6.86. The van der Waals surface area contributed by atoms with Gasteiger partial charge in [0.25, 0.3) is 0 Å². The van der Waals surface area contributed by atoms with E-state index < -0.39 is 0 Å². The van der Waals surface area contributed by atoms with E-state index in [4.69, 9.17) is 4.74 Å². The number of unbranched alkanes of at least 4 members (excludes halogenated alkanes) is 1. The van der Waals surface area contributed by atoms with Crippen LogP contribution in [0.15, 0.2) is 0 Å². The Kier molecular flexibility index (Phi) is 5.85. The molecule has 0 saturated heterocycles. The molecule has 1 rings (SSSR count). The van der Waals surface area contributed by atoms with E-state index in [9.17, 15) is 4.79 Å². The maximum atomic E-state index is 10.5. The summed E-state index contributed by atoms with van der Waals surface area (Å²) in [6.45, 7) is 3.99. The molecule has 14 heavy (non-hydrogen) atoms. The first-order valence-corrected chi connectivity index (χ1v) is 5.89. The van der Waals surface area contributed by atoms with E-state index in [-0.39, 0.29) is 0 Å². The summed E-state index contributed by atoms with van der Waals surface area (Å²) in [5.41, 5.74) is 0. The molecule has 0 N–H and O–H groups in total. The summed E-state index contributed by atoms with van der Waals surface area (Å²) in [6.07, 6.45) is 8.00. The van der Waals surface area contributed by atoms with Crippen molar-refractivity contribution in [2.75, 3.05) is 13.2 Å². The standard InChI is InChI=1S/C12H22O2/c1-2-3-8-14-10-12-6-4-11(9-13)5-7-12/h9,11-12H,2-8,10H2,1H3. The molecule has 0 aliphatic heterocycles. The fourth-order valence-corrected chi connectivity index (χ4v) is 1.99. The van der Waals surface area contributed by atoms with E-state index in [0.29, 0.717) is 11.8 Å². The van der Waals surface area contributed by atoms with Crippen LogP contribution in [0, 0.1) is 11.8 Å². The minimum absolute atomic E-state index is 0.335. The molecular formula is C12H22O2. The zero-order valence-corrected chi connectivity index (χ0v) is 9.21. The summed E-state index contributed by atoms with van der Waals surface area (Å²) in [5.74, 6) is 1.05. The highest BCUT2D eigenvalue weighted by molar-refractivity contribution is 5.53. The Morgan fingerprint density at radius 2 is 2.00 bits per heavy atom. The van der Waals surface area contributed by atoms with Crippen LogP contribution in [-0.2, 0) is 9.53 Å². The van der Waals surface area contributed by atoms with Crippen LogP contribution in [0.25, 0.3) is 0 Å². The van der Waals surface area contributed by atoms with E-state index in [1.165, 1.54) is 25.7 Å². The highest BCUT2D eigenvalue weighted by atomic mass is 16.5. The van der Waals surface area contributed by atoms with Crippen LogP contribution in [0.3, 0.4) is 0 Å². The predicted molar refractivity (Wildman–Crippen MR) is 57.2 cm³/mol. The van der Waals surface area contributed by atoms with Crippen LogP contribution < -0.4 is 0 Å². The highest BCUT2D eigenvalue weighted by Crippen LogP contribution is 2.27. The van der Waals surface area contributed by atoms with Crippen molar-refractivity contribution in [2.24, 2.45) is 11.8 Å². The summed E-state index contributed by atoms with van der Waals surface area (Å²) < 4.78 is 5.59. The molecule has 0 atom stereocenters. The summed E-state index contributed by atoms with van der Waals surface area (Å²) in [7, 11) is 0. The number of aldehydes is 1. The SMILES string of the molecule is CCCCOCC1CCC(C=O)CC1. The largest absolute Gasteiger partial charge is 0.381 e. The Morgan fingerprint density at radius 1 is 1.29 bits per heavy atom. The summed E-state index contributed by atoms with van der Waals surface area (Å²) in [6, 6.07) is 0. The van der Waals surface area contributed by atoms with Crippen molar-refractivity contribution in [3.05, 3.63) is 0 Å². The Balaban J connectivity index is 2.01.